The van der Waals surface area contributed by atoms with Gasteiger partial charge in [-0.1, -0.05) is 13.8 Å². The van der Waals surface area contributed by atoms with Crippen LogP contribution in [0.15, 0.2) is 22.6 Å². The minimum Gasteiger partial charge on any atom is -0.457 e. The molecule has 0 aliphatic carbocycles. The highest BCUT2D eigenvalue weighted by molar-refractivity contribution is 7.71. The Balaban J connectivity index is 2.22. The van der Waals surface area contributed by atoms with Crippen LogP contribution in [0.5, 0.6) is 0 Å². The van der Waals surface area contributed by atoms with Gasteiger partial charge in [-0.05, 0) is 38.1 Å². The average molecular weight is 413 g/mol. The molecule has 2 aromatic rings. The summed E-state index contributed by atoms with van der Waals surface area (Å²) in [6.45, 7) is 8.14. The van der Waals surface area contributed by atoms with Crippen LogP contribution in [-0.2, 0) is 9.36 Å². The molecule has 1 aromatic heterocycles. The fourth-order valence-electron chi connectivity index (χ4n) is 3.63. The number of benzene rings is 1. The first-order valence-electron chi connectivity index (χ1n) is 9.54. The summed E-state index contributed by atoms with van der Waals surface area (Å²) in [6.07, 6.45) is 2.66. The van der Waals surface area contributed by atoms with E-state index >= 15 is 0 Å². The molecular weight excluding hydrogens is 389 g/mol. The summed E-state index contributed by atoms with van der Waals surface area (Å²) in [5.41, 5.74) is 2.20. The first kappa shape index (κ1) is 21.0. The second-order valence-corrected chi connectivity index (χ2v) is 10.7. The number of hydrogen-bond acceptors (Lipinski definition) is 5. The number of carbonyl (C=O) groups is 3. The van der Waals surface area contributed by atoms with Gasteiger partial charge in [-0.3, -0.25) is 14.4 Å². The summed E-state index contributed by atoms with van der Waals surface area (Å²) in [5.74, 6) is -0.602. The molecule has 1 N–H and O–H groups in total. The summed E-state index contributed by atoms with van der Waals surface area (Å²) >= 11 is 0. The molecule has 1 amide bonds. The molecule has 6 nitrogen and oxygen atoms in total. The van der Waals surface area contributed by atoms with E-state index in [2.05, 4.69) is 5.32 Å². The van der Waals surface area contributed by atoms with Gasteiger partial charge in [0, 0.05) is 46.9 Å². The third kappa shape index (κ3) is 3.53. The van der Waals surface area contributed by atoms with Crippen molar-refractivity contribution in [2.24, 2.45) is 0 Å². The van der Waals surface area contributed by atoms with E-state index < -0.39 is 7.14 Å². The van der Waals surface area contributed by atoms with E-state index in [1.54, 1.807) is 31.2 Å². The lowest BCUT2D eigenvalue weighted by molar-refractivity contribution is -0.110. The standard InChI is InChI=1S/C22H24NO5P/c1-6-29(27,7-2)15-8-9-19-17(10-15)18(22(26)23-19)11-16-14(5)28-21(13(4)25)20(16)12(3)24/h8-11H,6-7H2,1-5H3,(H,23,26)/b18-11-. The quantitative estimate of drug-likeness (QED) is 0.427. The lowest BCUT2D eigenvalue weighted by Crippen LogP contribution is -2.09. The first-order chi connectivity index (χ1) is 13.6. The minimum absolute atomic E-state index is 0.00398. The van der Waals surface area contributed by atoms with Crippen molar-refractivity contribution in [1.82, 2.24) is 0 Å². The van der Waals surface area contributed by atoms with Gasteiger partial charge in [0.05, 0.1) is 5.56 Å². The molecule has 1 aliphatic heterocycles. The third-order valence-electron chi connectivity index (χ3n) is 5.37. The molecule has 0 saturated carbocycles. The number of ketones is 2. The maximum absolute atomic E-state index is 13.2. The van der Waals surface area contributed by atoms with E-state index in [0.29, 0.717) is 40.5 Å². The van der Waals surface area contributed by atoms with Gasteiger partial charge in [0.2, 0.25) is 0 Å². The zero-order valence-electron chi connectivity index (χ0n) is 17.2. The van der Waals surface area contributed by atoms with Crippen molar-refractivity contribution >= 4 is 47.3 Å². The van der Waals surface area contributed by atoms with Crippen molar-refractivity contribution in [1.29, 1.82) is 0 Å². The lowest BCUT2D eigenvalue weighted by Gasteiger charge is -2.15. The number of Topliss-reactive ketones (excluding diaryl/α,β-unsaturated/α-hetero) is 2. The lowest BCUT2D eigenvalue weighted by atomic mass is 9.99. The summed E-state index contributed by atoms with van der Waals surface area (Å²) in [6, 6.07) is 5.35. The normalized spacial score (nSPS) is 14.8. The summed E-state index contributed by atoms with van der Waals surface area (Å²) in [4.78, 5) is 36.7. The van der Waals surface area contributed by atoms with Crippen LogP contribution in [0.4, 0.5) is 5.69 Å². The molecule has 7 heteroatoms. The number of nitrogens with one attached hydrogen (secondary N) is 1. The molecule has 0 bridgehead atoms. The number of fused-ring (bicyclic) bond motifs is 1. The molecule has 0 radical (unpaired) electrons. The molecule has 2 heterocycles. The molecule has 3 rings (SSSR count). The third-order valence-corrected chi connectivity index (χ3v) is 8.63. The fraction of sp³-hybridized carbons (Fsp3) is 0.318. The van der Waals surface area contributed by atoms with Gasteiger partial charge in [0.1, 0.15) is 12.9 Å². The first-order valence-corrected chi connectivity index (χ1v) is 11.6. The van der Waals surface area contributed by atoms with E-state index in [9.17, 15) is 18.9 Å². The average Bonchev–Trinajstić information content (AvgIpc) is 3.18. The maximum Gasteiger partial charge on any atom is 0.256 e. The highest BCUT2D eigenvalue weighted by atomic mass is 31.2. The fourth-order valence-corrected chi connectivity index (χ4v) is 5.52. The number of rotatable bonds is 6. The Bertz CT molecular complexity index is 1110. The van der Waals surface area contributed by atoms with Crippen molar-refractivity contribution in [3.8, 4) is 0 Å². The summed E-state index contributed by atoms with van der Waals surface area (Å²) < 4.78 is 18.7. The van der Waals surface area contributed by atoms with E-state index in [4.69, 9.17) is 4.42 Å². The Kier molecular flexibility index (Phi) is 5.50. The van der Waals surface area contributed by atoms with Gasteiger partial charge in [0.25, 0.3) is 5.91 Å². The molecule has 152 valence electrons. The van der Waals surface area contributed by atoms with Crippen molar-refractivity contribution in [2.45, 2.75) is 34.6 Å². The van der Waals surface area contributed by atoms with Gasteiger partial charge in [0.15, 0.2) is 17.3 Å². The van der Waals surface area contributed by atoms with Crippen LogP contribution in [0, 0.1) is 6.92 Å². The summed E-state index contributed by atoms with van der Waals surface area (Å²) in [7, 11) is -2.52. The Morgan fingerprint density at radius 3 is 2.34 bits per heavy atom. The zero-order chi connectivity index (χ0) is 21.5. The number of hydrogen-bond donors (Lipinski definition) is 1. The van der Waals surface area contributed by atoms with Crippen LogP contribution in [0.2, 0.25) is 0 Å². The molecule has 1 aliphatic rings. The second kappa shape index (κ2) is 7.60. The van der Waals surface area contributed by atoms with Crippen molar-refractivity contribution in [2.75, 3.05) is 17.6 Å². The molecule has 29 heavy (non-hydrogen) atoms. The van der Waals surface area contributed by atoms with Crippen molar-refractivity contribution < 1.29 is 23.4 Å². The largest absolute Gasteiger partial charge is 0.457 e. The van der Waals surface area contributed by atoms with E-state index in [-0.39, 0.29) is 28.8 Å². The van der Waals surface area contributed by atoms with Crippen molar-refractivity contribution in [3.05, 3.63) is 46.4 Å². The smallest absolute Gasteiger partial charge is 0.256 e. The topological polar surface area (TPSA) is 93.4 Å². The van der Waals surface area contributed by atoms with Crippen LogP contribution < -0.4 is 10.6 Å². The number of anilines is 1. The van der Waals surface area contributed by atoms with Crippen LogP contribution in [0.1, 0.15) is 65.5 Å². The Morgan fingerprint density at radius 2 is 1.79 bits per heavy atom. The molecule has 0 spiro atoms. The number of carbonyl (C=O) groups excluding carboxylic acids is 3. The van der Waals surface area contributed by atoms with Crippen LogP contribution in [0.3, 0.4) is 0 Å². The predicted octanol–water partition coefficient (Wildman–Crippen LogP) is 4.51. The highest BCUT2D eigenvalue weighted by Crippen LogP contribution is 2.45. The molecular formula is C22H24NO5P. The maximum atomic E-state index is 13.2. The van der Waals surface area contributed by atoms with Gasteiger partial charge in [-0.25, -0.2) is 0 Å². The Hall–Kier alpha value is -2.72. The SMILES string of the molecule is CCP(=O)(CC)c1ccc2c(c1)/C(=C/c1c(C)oc(C(C)=O)c1C(C)=O)C(=O)N2. The van der Waals surface area contributed by atoms with Gasteiger partial charge >= 0.3 is 0 Å². The molecule has 0 atom stereocenters. The summed E-state index contributed by atoms with van der Waals surface area (Å²) in [5, 5.41) is 3.53. The molecule has 1 aromatic carbocycles. The van der Waals surface area contributed by atoms with Gasteiger partial charge in [-0.15, -0.1) is 0 Å². The van der Waals surface area contributed by atoms with Crippen LogP contribution in [-0.4, -0.2) is 29.8 Å². The minimum atomic E-state index is -2.52. The van der Waals surface area contributed by atoms with E-state index in [1.807, 2.05) is 13.8 Å². The Morgan fingerprint density at radius 1 is 1.14 bits per heavy atom. The second-order valence-electron chi connectivity index (χ2n) is 7.15. The monoisotopic (exact) mass is 413 g/mol. The predicted molar refractivity (Wildman–Crippen MR) is 115 cm³/mol. The van der Waals surface area contributed by atoms with E-state index in [1.165, 1.54) is 13.8 Å². The molecule has 0 fully saturated rings. The number of aryl methyl sites for hydroxylation is 1. The van der Waals surface area contributed by atoms with Gasteiger partial charge in [-0.2, -0.15) is 0 Å². The Labute approximate surface area is 169 Å². The van der Waals surface area contributed by atoms with Crippen LogP contribution in [0.25, 0.3) is 11.6 Å². The van der Waals surface area contributed by atoms with Crippen molar-refractivity contribution in [3.63, 3.8) is 0 Å². The zero-order valence-corrected chi connectivity index (χ0v) is 18.1. The number of amides is 1. The number of furan rings is 1. The van der Waals surface area contributed by atoms with Crippen LogP contribution >= 0.6 is 7.14 Å². The molecule has 0 unspecified atom stereocenters. The van der Waals surface area contributed by atoms with E-state index in [0.717, 1.165) is 5.30 Å². The molecule has 0 saturated heterocycles. The highest BCUT2D eigenvalue weighted by Gasteiger charge is 2.30. The van der Waals surface area contributed by atoms with Gasteiger partial charge < -0.3 is 14.3 Å².